The van der Waals surface area contributed by atoms with E-state index < -0.39 is 12.2 Å². The number of halogens is 2. The van der Waals surface area contributed by atoms with Crippen LogP contribution in [-0.4, -0.2) is 24.4 Å². The minimum absolute atomic E-state index is 0.0687. The van der Waals surface area contributed by atoms with E-state index in [0.29, 0.717) is 23.9 Å². The van der Waals surface area contributed by atoms with Gasteiger partial charge in [-0.05, 0) is 62.4 Å². The van der Waals surface area contributed by atoms with Gasteiger partial charge in [0.15, 0.2) is 11.0 Å². The number of ketones is 1. The number of hydrogen-bond acceptors (Lipinski definition) is 5. The van der Waals surface area contributed by atoms with Crippen LogP contribution >= 0.6 is 11.8 Å². The largest absolute Gasteiger partial charge is 0.295 e. The van der Waals surface area contributed by atoms with Gasteiger partial charge in [-0.2, -0.15) is 5.26 Å². The summed E-state index contributed by atoms with van der Waals surface area (Å²) in [5, 5.41) is 9.77. The zero-order valence-corrected chi connectivity index (χ0v) is 19.0. The molecule has 0 aliphatic carbocycles. The number of thioether (sulfide) groups is 1. The molecule has 4 nitrogen and oxygen atoms in total. The minimum atomic E-state index is -1.09. The fourth-order valence-electron chi connectivity index (χ4n) is 3.48. The lowest BCUT2D eigenvalue weighted by molar-refractivity contribution is -0.113. The molecular formula is C24H25F2N3OS. The summed E-state index contributed by atoms with van der Waals surface area (Å²) in [4.78, 5) is 19.4. The number of rotatable bonds is 4. The first-order chi connectivity index (χ1) is 14.9. The van der Waals surface area contributed by atoms with Gasteiger partial charge >= 0.3 is 0 Å². The number of alkyl halides is 2. The smallest absolute Gasteiger partial charge is 0.168 e. The maximum Gasteiger partial charge on any atom is 0.168 e. The van der Waals surface area contributed by atoms with Crippen molar-refractivity contribution in [2.45, 2.75) is 33.0 Å². The van der Waals surface area contributed by atoms with Crippen LogP contribution in [0.3, 0.4) is 0 Å². The van der Waals surface area contributed by atoms with Crippen LogP contribution < -0.4 is 4.90 Å². The predicted octanol–water partition coefficient (Wildman–Crippen LogP) is 6.32. The number of nitrogens with zero attached hydrogens (tertiary/aromatic N) is 3. The molecule has 2 unspecified atom stereocenters. The van der Waals surface area contributed by atoms with Crippen LogP contribution in [0.4, 0.5) is 14.5 Å². The number of benzene rings is 2. The molecular weight excluding hydrogens is 416 g/mol. The topological polar surface area (TPSA) is 56.5 Å². The van der Waals surface area contributed by atoms with Gasteiger partial charge in [0.2, 0.25) is 0 Å². The second kappa shape index (κ2) is 10.9. The van der Waals surface area contributed by atoms with E-state index in [2.05, 4.69) is 6.07 Å². The van der Waals surface area contributed by atoms with Gasteiger partial charge in [-0.15, -0.1) is 0 Å². The summed E-state index contributed by atoms with van der Waals surface area (Å²) in [6.45, 7) is 4.93. The van der Waals surface area contributed by atoms with Crippen molar-refractivity contribution in [3.05, 3.63) is 76.5 Å². The van der Waals surface area contributed by atoms with Gasteiger partial charge in [0.1, 0.15) is 12.2 Å². The fourth-order valence-corrected chi connectivity index (χ4v) is 4.12. The second-order valence-electron chi connectivity index (χ2n) is 6.85. The van der Waals surface area contributed by atoms with Crippen LogP contribution in [0.1, 0.15) is 49.7 Å². The van der Waals surface area contributed by atoms with Crippen LogP contribution in [0.2, 0.25) is 0 Å². The number of aliphatic imine (C=N–C) groups is 1. The minimum Gasteiger partial charge on any atom is -0.295 e. The van der Waals surface area contributed by atoms with E-state index in [9.17, 15) is 13.6 Å². The molecule has 0 fully saturated rings. The summed E-state index contributed by atoms with van der Waals surface area (Å²) in [6.07, 6.45) is 0.840. The highest BCUT2D eigenvalue weighted by molar-refractivity contribution is 8.13. The Morgan fingerprint density at radius 1 is 1.23 bits per heavy atom. The lowest BCUT2D eigenvalue weighted by Crippen LogP contribution is -2.34. The van der Waals surface area contributed by atoms with E-state index in [0.717, 1.165) is 22.1 Å². The fraction of sp³-hybridized carbons (Fsp3) is 0.292. The molecule has 1 aliphatic heterocycles. The molecule has 0 aromatic heterocycles. The Morgan fingerprint density at radius 3 is 2.39 bits per heavy atom. The first-order valence-electron chi connectivity index (χ1n) is 9.63. The molecule has 2 aromatic rings. The monoisotopic (exact) mass is 441 g/mol. The van der Waals surface area contributed by atoms with Gasteiger partial charge in [0.05, 0.1) is 18.8 Å². The van der Waals surface area contributed by atoms with Crippen molar-refractivity contribution in [2.75, 3.05) is 18.3 Å². The Balaban J connectivity index is 0.00000166. The quantitative estimate of drug-likeness (QED) is 0.557. The number of anilines is 1. The van der Waals surface area contributed by atoms with Gasteiger partial charge in [0, 0.05) is 17.0 Å². The van der Waals surface area contributed by atoms with Gasteiger partial charge in [-0.3, -0.25) is 14.1 Å². The van der Waals surface area contributed by atoms with E-state index in [1.807, 2.05) is 42.3 Å². The van der Waals surface area contributed by atoms with Crippen LogP contribution in [0.15, 0.2) is 64.8 Å². The zero-order valence-electron chi connectivity index (χ0n) is 18.2. The third-order valence-corrected chi connectivity index (χ3v) is 5.59. The molecule has 0 radical (unpaired) electrons. The molecule has 2 atom stereocenters. The highest BCUT2D eigenvalue weighted by atomic mass is 32.2. The molecule has 1 heterocycles. The molecule has 0 bridgehead atoms. The van der Waals surface area contributed by atoms with E-state index in [1.165, 1.54) is 25.6 Å². The van der Waals surface area contributed by atoms with Gasteiger partial charge in [-0.25, -0.2) is 9.38 Å². The number of carbonyl (C=O) groups is 1. The third kappa shape index (κ3) is 5.20. The van der Waals surface area contributed by atoms with Crippen molar-refractivity contribution >= 4 is 28.4 Å². The standard InChI is InChI=1S/C23H22FN3OS.CH3F/c1-14(24)19-6-5-7-20(12-19)27-15(2)21(16(3)28)22(26-23(27)29-4)18-10-8-17(13-25)9-11-18;1-2/h5-12,14,22H,1-4H3;1H3. The number of Topliss-reactive ketones (excluding diaryl/α,β-unsaturated/α-hetero) is 1. The van der Waals surface area contributed by atoms with Gasteiger partial charge in [-0.1, -0.05) is 36.0 Å². The highest BCUT2D eigenvalue weighted by Crippen LogP contribution is 2.39. The summed E-state index contributed by atoms with van der Waals surface area (Å²) in [5.74, 6) is -0.0687. The average Bonchev–Trinajstić information content (AvgIpc) is 2.79. The average molecular weight is 442 g/mol. The molecule has 162 valence electrons. The SMILES string of the molecule is CF.CSC1=NC(c2ccc(C#N)cc2)C(C(C)=O)=C(C)N1c1cccc(C(C)F)c1. The Bertz CT molecular complexity index is 1040. The number of amidine groups is 1. The highest BCUT2D eigenvalue weighted by Gasteiger charge is 2.32. The molecule has 31 heavy (non-hydrogen) atoms. The summed E-state index contributed by atoms with van der Waals surface area (Å²) >= 11 is 1.47. The van der Waals surface area contributed by atoms with Crippen molar-refractivity contribution in [1.29, 1.82) is 5.26 Å². The molecule has 2 aromatic carbocycles. The zero-order chi connectivity index (χ0) is 23.1. The van der Waals surface area contributed by atoms with Crippen molar-refractivity contribution < 1.29 is 13.6 Å². The van der Waals surface area contributed by atoms with E-state index in [4.69, 9.17) is 10.3 Å². The lowest BCUT2D eigenvalue weighted by Gasteiger charge is -2.34. The second-order valence-corrected chi connectivity index (χ2v) is 7.63. The summed E-state index contributed by atoms with van der Waals surface area (Å²) < 4.78 is 23.4. The van der Waals surface area contributed by atoms with Gasteiger partial charge < -0.3 is 0 Å². The molecule has 7 heteroatoms. The number of allylic oxidation sites excluding steroid dienone is 1. The molecule has 0 spiro atoms. The van der Waals surface area contributed by atoms with Crippen molar-refractivity contribution in [3.63, 3.8) is 0 Å². The molecule has 1 aliphatic rings. The van der Waals surface area contributed by atoms with Crippen molar-refractivity contribution in [2.24, 2.45) is 4.99 Å². The molecule has 0 saturated carbocycles. The normalized spacial score (nSPS) is 16.6. The Morgan fingerprint density at radius 2 is 1.87 bits per heavy atom. The van der Waals surface area contributed by atoms with E-state index in [1.54, 1.807) is 24.3 Å². The van der Waals surface area contributed by atoms with E-state index >= 15 is 0 Å². The lowest BCUT2D eigenvalue weighted by atomic mass is 9.92. The maximum absolute atomic E-state index is 13.9. The number of nitriles is 1. The van der Waals surface area contributed by atoms with Crippen LogP contribution in [0.25, 0.3) is 0 Å². The van der Waals surface area contributed by atoms with Crippen molar-refractivity contribution in [1.82, 2.24) is 0 Å². The Labute approximate surface area is 186 Å². The number of carbonyl (C=O) groups excluding carboxylic acids is 1. The molecule has 3 rings (SSSR count). The first kappa shape index (κ1) is 24.3. The number of hydrogen-bond donors (Lipinski definition) is 0. The van der Waals surface area contributed by atoms with Crippen LogP contribution in [0, 0.1) is 11.3 Å². The maximum atomic E-state index is 13.9. The van der Waals surface area contributed by atoms with Gasteiger partial charge in [0.25, 0.3) is 0 Å². The summed E-state index contributed by atoms with van der Waals surface area (Å²) in [5.41, 5.74) is 4.12. The third-order valence-electron chi connectivity index (χ3n) is 4.93. The molecule has 0 amide bonds. The van der Waals surface area contributed by atoms with Crippen LogP contribution in [-0.2, 0) is 4.79 Å². The van der Waals surface area contributed by atoms with Crippen molar-refractivity contribution in [3.8, 4) is 6.07 Å². The summed E-state index contributed by atoms with van der Waals surface area (Å²) in [6, 6.07) is 16.0. The predicted molar refractivity (Wildman–Crippen MR) is 124 cm³/mol. The Hall–Kier alpha value is -2.98. The summed E-state index contributed by atoms with van der Waals surface area (Å²) in [7, 11) is 0.500. The molecule has 0 N–H and O–H groups in total. The van der Waals surface area contributed by atoms with Crippen LogP contribution in [0.5, 0.6) is 0 Å². The first-order valence-corrected chi connectivity index (χ1v) is 10.8. The van der Waals surface area contributed by atoms with E-state index in [-0.39, 0.29) is 5.78 Å². The Kier molecular flexibility index (Phi) is 8.52. The molecule has 0 saturated heterocycles.